The Hall–Kier alpha value is -3.83. The van der Waals surface area contributed by atoms with Gasteiger partial charge >= 0.3 is 48.9 Å². The predicted molar refractivity (Wildman–Crippen MR) is 114 cm³/mol. The van der Waals surface area contributed by atoms with Crippen molar-refractivity contribution in [2.24, 2.45) is 0 Å². The Morgan fingerprint density at radius 2 is 1.44 bits per heavy atom. The summed E-state index contributed by atoms with van der Waals surface area (Å²) in [5.41, 5.74) is -0.542. The van der Waals surface area contributed by atoms with Crippen molar-refractivity contribution in [1.82, 2.24) is 10.6 Å². The first-order valence-corrected chi connectivity index (χ1v) is 12.5. The molecule has 0 aliphatic carbocycles. The lowest BCUT2D eigenvalue weighted by Gasteiger charge is -2.20. The highest BCUT2D eigenvalue weighted by molar-refractivity contribution is 7.87. The zero-order chi connectivity index (χ0) is 30.2. The molecule has 1 aromatic rings. The molecule has 0 saturated carbocycles. The van der Waals surface area contributed by atoms with Gasteiger partial charge in [0, 0.05) is 6.07 Å². The van der Waals surface area contributed by atoms with Crippen LogP contribution in [0.4, 0.5) is 32.8 Å². The Bertz CT molecular complexity index is 1310. The molecule has 220 valence electrons. The van der Waals surface area contributed by atoms with E-state index in [4.69, 9.17) is 9.11 Å². The van der Waals surface area contributed by atoms with Crippen LogP contribution in [0.15, 0.2) is 24.3 Å². The van der Waals surface area contributed by atoms with E-state index in [0.29, 0.717) is 0 Å². The maximum Gasteiger partial charge on any atom is 0.408 e. The molecule has 1 aromatic carbocycles. The number of carbonyl (C=O) groups excluding carboxylic acids is 3. The molecule has 0 fully saturated rings. The first kappa shape index (κ1) is 33.2. The maximum atomic E-state index is 13.3. The van der Waals surface area contributed by atoms with E-state index >= 15 is 0 Å². The van der Waals surface area contributed by atoms with E-state index < -0.39 is 91.9 Å². The summed E-state index contributed by atoms with van der Waals surface area (Å²) < 4.78 is 125. The zero-order valence-corrected chi connectivity index (χ0v) is 20.4. The van der Waals surface area contributed by atoms with Gasteiger partial charge in [-0.05, 0) is 6.07 Å². The van der Waals surface area contributed by atoms with Crippen molar-refractivity contribution in [3.8, 4) is 0 Å². The number of nitrogens with zero attached hydrogens (tertiary/aromatic N) is 1. The quantitative estimate of drug-likeness (QED) is 0.0586. The van der Waals surface area contributed by atoms with Crippen molar-refractivity contribution < 1.29 is 77.0 Å². The molecule has 0 spiro atoms. The van der Waals surface area contributed by atoms with Gasteiger partial charge in [0.15, 0.2) is 13.2 Å². The van der Waals surface area contributed by atoms with Crippen LogP contribution in [0.2, 0.25) is 0 Å². The molecule has 0 radical (unpaired) electrons. The summed E-state index contributed by atoms with van der Waals surface area (Å²) in [7, 11) is -12.1. The fraction of sp³-hybridized carbons (Fsp3) is 0.438. The van der Waals surface area contributed by atoms with Crippen LogP contribution in [0.25, 0.3) is 0 Å². The SMILES string of the molecule is O=C(NCC(NC(=O)OCC(F)(F)S(=O)(=O)O)C(=O)OCC(F)(F)S(=O)(=O)O)OCc1ccccc1[N+](=O)[O-]. The van der Waals surface area contributed by atoms with Gasteiger partial charge in [0.05, 0.1) is 17.0 Å². The lowest BCUT2D eigenvalue weighted by molar-refractivity contribution is -0.385. The second-order valence-corrected chi connectivity index (χ2v) is 10.0. The summed E-state index contributed by atoms with van der Waals surface area (Å²) in [4.78, 5) is 45.8. The van der Waals surface area contributed by atoms with Gasteiger partial charge in [-0.3, -0.25) is 19.2 Å². The number of hydrogen-bond acceptors (Lipinski definition) is 12. The third kappa shape index (κ3) is 10.1. The first-order valence-electron chi connectivity index (χ1n) is 9.60. The van der Waals surface area contributed by atoms with Gasteiger partial charge in [0.2, 0.25) is 0 Å². The minimum atomic E-state index is -6.08. The predicted octanol–water partition coefficient (Wildman–Crippen LogP) is 0.420. The molecule has 1 rings (SSSR count). The minimum Gasteiger partial charge on any atom is -0.456 e. The number of rotatable bonds is 13. The third-order valence-electron chi connectivity index (χ3n) is 4.08. The molecule has 39 heavy (non-hydrogen) atoms. The first-order chi connectivity index (χ1) is 17.7. The lowest BCUT2D eigenvalue weighted by atomic mass is 10.2. The number of alkyl halides is 4. The lowest BCUT2D eigenvalue weighted by Crippen LogP contribution is -2.51. The molecular weight excluding hydrogens is 598 g/mol. The average Bonchev–Trinajstić information content (AvgIpc) is 2.81. The molecule has 0 bridgehead atoms. The molecule has 0 heterocycles. The van der Waals surface area contributed by atoms with Crippen LogP contribution in [-0.4, -0.2) is 85.3 Å². The van der Waals surface area contributed by atoms with Crippen LogP contribution in [0.1, 0.15) is 5.56 Å². The number of ether oxygens (including phenoxy) is 3. The van der Waals surface area contributed by atoms with Crippen molar-refractivity contribution in [3.05, 3.63) is 39.9 Å². The monoisotopic (exact) mass is 615 g/mol. The van der Waals surface area contributed by atoms with E-state index in [0.717, 1.165) is 6.07 Å². The van der Waals surface area contributed by atoms with Gasteiger partial charge in [-0.2, -0.15) is 34.4 Å². The number of nitrogens with one attached hydrogen (secondary N) is 2. The molecule has 1 unspecified atom stereocenters. The third-order valence-corrected chi connectivity index (χ3v) is 5.83. The van der Waals surface area contributed by atoms with E-state index in [1.807, 2.05) is 0 Å². The molecule has 0 aliphatic rings. The van der Waals surface area contributed by atoms with Crippen LogP contribution in [-0.2, 0) is 45.8 Å². The highest BCUT2D eigenvalue weighted by atomic mass is 32.2. The van der Waals surface area contributed by atoms with Crippen LogP contribution in [0.5, 0.6) is 0 Å². The number of benzene rings is 1. The minimum absolute atomic E-state index is 0.0949. The van der Waals surface area contributed by atoms with Crippen LogP contribution in [0, 0.1) is 10.1 Å². The summed E-state index contributed by atoms with van der Waals surface area (Å²) in [6, 6.07) is 2.62. The number of esters is 1. The number of amides is 2. The fourth-order valence-corrected chi connectivity index (χ4v) is 2.54. The average molecular weight is 615 g/mol. The molecule has 17 nitrogen and oxygen atoms in total. The van der Waals surface area contributed by atoms with Gasteiger partial charge in [0.25, 0.3) is 5.69 Å². The Morgan fingerprint density at radius 3 is 1.95 bits per heavy atom. The number of nitro groups is 1. The molecular formula is C16H17F4N3O14S2. The number of hydrogen-bond donors (Lipinski definition) is 4. The second-order valence-electron chi connectivity index (χ2n) is 6.95. The number of halogens is 4. The van der Waals surface area contributed by atoms with Gasteiger partial charge in [0.1, 0.15) is 12.6 Å². The highest BCUT2D eigenvalue weighted by Gasteiger charge is 2.47. The maximum absolute atomic E-state index is 13.3. The van der Waals surface area contributed by atoms with E-state index in [-0.39, 0.29) is 5.56 Å². The fourth-order valence-electron chi connectivity index (χ4n) is 2.12. The second kappa shape index (κ2) is 12.8. The van der Waals surface area contributed by atoms with E-state index in [1.54, 1.807) is 5.32 Å². The summed E-state index contributed by atoms with van der Waals surface area (Å²) in [6.07, 6.45) is -3.49. The van der Waals surface area contributed by atoms with Crippen molar-refractivity contribution >= 4 is 44.1 Å². The number of carbonyl (C=O) groups is 3. The normalized spacial score (nSPS) is 13.1. The number of nitro benzene ring substituents is 1. The number of alkyl carbamates (subject to hydrolysis) is 2. The Morgan fingerprint density at radius 1 is 0.923 bits per heavy atom. The smallest absolute Gasteiger partial charge is 0.408 e. The molecule has 1 atom stereocenters. The Kier molecular flexibility index (Phi) is 10.9. The summed E-state index contributed by atoms with van der Waals surface area (Å²) >= 11 is 0. The van der Waals surface area contributed by atoms with Gasteiger partial charge in [-0.25, -0.2) is 14.4 Å². The highest BCUT2D eigenvalue weighted by Crippen LogP contribution is 2.22. The molecule has 4 N–H and O–H groups in total. The van der Waals surface area contributed by atoms with Gasteiger partial charge < -0.3 is 24.8 Å². The van der Waals surface area contributed by atoms with Gasteiger partial charge in [-0.15, -0.1) is 0 Å². The molecule has 23 heteroatoms. The van der Waals surface area contributed by atoms with Crippen LogP contribution >= 0.6 is 0 Å². The van der Waals surface area contributed by atoms with Crippen LogP contribution < -0.4 is 10.6 Å². The molecule has 0 aliphatic heterocycles. The van der Waals surface area contributed by atoms with E-state index in [2.05, 4.69) is 14.2 Å². The van der Waals surface area contributed by atoms with Crippen molar-refractivity contribution in [3.63, 3.8) is 0 Å². The van der Waals surface area contributed by atoms with Crippen molar-refractivity contribution in [2.75, 3.05) is 19.8 Å². The molecule has 0 saturated heterocycles. The van der Waals surface area contributed by atoms with Crippen LogP contribution in [0.3, 0.4) is 0 Å². The standard InChI is InChI=1S/C16H17F4N3O14S2/c17-15(18,38(29,30)31)7-36-12(24)10(22-14(26)37-8-16(19,20)39(32,33)34)5-21-13(25)35-6-9-3-1-2-4-11(9)23(27)28/h1-4,10H,5-8H2,(H,21,25)(H,22,26)(H,29,30,31)(H,32,33,34). The summed E-state index contributed by atoms with van der Waals surface area (Å²) in [5, 5.41) is 4.09. The van der Waals surface area contributed by atoms with E-state index in [1.165, 1.54) is 23.5 Å². The molecule has 2 amide bonds. The molecule has 0 aromatic heterocycles. The summed E-state index contributed by atoms with van der Waals surface area (Å²) in [6.45, 7) is -6.49. The zero-order valence-electron chi connectivity index (χ0n) is 18.8. The Labute approximate surface area is 215 Å². The van der Waals surface area contributed by atoms with Gasteiger partial charge in [-0.1, -0.05) is 12.1 Å². The van der Waals surface area contributed by atoms with Crippen molar-refractivity contribution in [2.45, 2.75) is 23.2 Å². The number of para-hydroxylation sites is 1. The summed E-state index contributed by atoms with van der Waals surface area (Å²) in [5.74, 6) is -1.96. The largest absolute Gasteiger partial charge is 0.456 e. The topological polar surface area (TPSA) is 255 Å². The Balaban J connectivity index is 2.91. The van der Waals surface area contributed by atoms with Crippen molar-refractivity contribution in [1.29, 1.82) is 0 Å². The van der Waals surface area contributed by atoms with E-state index in [9.17, 15) is 58.9 Å².